The summed E-state index contributed by atoms with van der Waals surface area (Å²) in [5.74, 6) is -0.128. The Morgan fingerprint density at radius 2 is 2.24 bits per heavy atom. The zero-order valence-corrected chi connectivity index (χ0v) is 11.4. The number of nitrogens with zero attached hydrogens (tertiary/aromatic N) is 2. The van der Waals surface area contributed by atoms with Gasteiger partial charge >= 0.3 is 0 Å². The van der Waals surface area contributed by atoms with Gasteiger partial charge in [0.2, 0.25) is 0 Å². The lowest BCUT2D eigenvalue weighted by molar-refractivity contribution is 0.0861. The molecule has 1 aliphatic heterocycles. The van der Waals surface area contributed by atoms with Crippen molar-refractivity contribution in [2.75, 3.05) is 19.3 Å². The lowest BCUT2D eigenvalue weighted by Gasteiger charge is -2.17. The van der Waals surface area contributed by atoms with Crippen molar-refractivity contribution in [2.24, 2.45) is 4.99 Å². The number of amides is 1. The maximum absolute atomic E-state index is 12.3. The third-order valence-corrected chi connectivity index (χ3v) is 3.65. The summed E-state index contributed by atoms with van der Waals surface area (Å²) in [7, 11) is 0. The van der Waals surface area contributed by atoms with Crippen molar-refractivity contribution in [1.29, 1.82) is 0 Å². The molecule has 0 aromatic heterocycles. The van der Waals surface area contributed by atoms with Gasteiger partial charge in [0.15, 0.2) is 5.17 Å². The van der Waals surface area contributed by atoms with Crippen molar-refractivity contribution >= 4 is 46.0 Å². The van der Waals surface area contributed by atoms with Crippen LogP contribution in [0.4, 0.5) is 0 Å². The number of benzene rings is 1. The quantitative estimate of drug-likeness (QED) is 0.795. The summed E-state index contributed by atoms with van der Waals surface area (Å²) in [5.41, 5.74) is 0.458. The van der Waals surface area contributed by atoms with Gasteiger partial charge in [0, 0.05) is 11.6 Å². The molecule has 2 rings (SSSR count). The standard InChI is InChI=1S/C11H10Cl2N2OS/c1-17-11-14-4-5-15(11)10(16)8-3-2-7(12)6-9(8)13/h2-3,6H,4-5H2,1H3. The fourth-order valence-corrected chi connectivity index (χ4v) is 2.70. The molecule has 1 aliphatic rings. The molecule has 1 aromatic rings. The van der Waals surface area contributed by atoms with E-state index in [1.54, 1.807) is 23.1 Å². The van der Waals surface area contributed by atoms with Crippen LogP contribution in [0.2, 0.25) is 10.0 Å². The first-order chi connectivity index (χ1) is 8.13. The van der Waals surface area contributed by atoms with Crippen LogP contribution in [-0.4, -0.2) is 35.3 Å². The molecule has 1 amide bonds. The summed E-state index contributed by atoms with van der Waals surface area (Å²) >= 11 is 13.3. The second-order valence-electron chi connectivity index (χ2n) is 3.45. The largest absolute Gasteiger partial charge is 0.286 e. The first-order valence-corrected chi connectivity index (χ1v) is 6.97. The minimum atomic E-state index is -0.128. The molecule has 0 N–H and O–H groups in total. The van der Waals surface area contributed by atoms with Gasteiger partial charge in [0.05, 0.1) is 17.1 Å². The lowest BCUT2D eigenvalue weighted by atomic mass is 10.2. The normalized spacial score (nSPS) is 15.0. The highest BCUT2D eigenvalue weighted by Crippen LogP contribution is 2.24. The van der Waals surface area contributed by atoms with Gasteiger partial charge in [0.25, 0.3) is 5.91 Å². The van der Waals surface area contributed by atoms with Crippen molar-refractivity contribution < 1.29 is 4.79 Å². The first kappa shape index (κ1) is 12.7. The van der Waals surface area contributed by atoms with Crippen LogP contribution in [0.5, 0.6) is 0 Å². The molecule has 0 aliphatic carbocycles. The highest BCUT2D eigenvalue weighted by Gasteiger charge is 2.25. The number of hydrogen-bond acceptors (Lipinski definition) is 3. The summed E-state index contributed by atoms with van der Waals surface area (Å²) in [4.78, 5) is 18.1. The van der Waals surface area contributed by atoms with E-state index in [1.807, 2.05) is 6.26 Å². The van der Waals surface area contributed by atoms with E-state index in [-0.39, 0.29) is 5.91 Å². The number of carbonyl (C=O) groups excluding carboxylic acids is 1. The predicted molar refractivity (Wildman–Crippen MR) is 73.3 cm³/mol. The van der Waals surface area contributed by atoms with Gasteiger partial charge in [-0.15, -0.1) is 0 Å². The Morgan fingerprint density at radius 1 is 1.47 bits per heavy atom. The Kier molecular flexibility index (Phi) is 3.97. The molecule has 0 atom stereocenters. The van der Waals surface area contributed by atoms with Crippen LogP contribution < -0.4 is 0 Å². The van der Waals surface area contributed by atoms with E-state index >= 15 is 0 Å². The zero-order chi connectivity index (χ0) is 12.4. The second-order valence-corrected chi connectivity index (χ2v) is 5.07. The van der Waals surface area contributed by atoms with E-state index in [0.717, 1.165) is 5.17 Å². The Balaban J connectivity index is 2.28. The number of halogens is 2. The molecule has 0 spiro atoms. The first-order valence-electron chi connectivity index (χ1n) is 4.99. The van der Waals surface area contributed by atoms with Crippen molar-refractivity contribution in [1.82, 2.24) is 4.90 Å². The van der Waals surface area contributed by atoms with E-state index < -0.39 is 0 Å². The molecule has 0 saturated heterocycles. The molecule has 90 valence electrons. The SMILES string of the molecule is CSC1=NCCN1C(=O)c1ccc(Cl)cc1Cl. The second kappa shape index (κ2) is 5.29. The van der Waals surface area contributed by atoms with Crippen LogP contribution in [0.15, 0.2) is 23.2 Å². The maximum Gasteiger partial charge on any atom is 0.261 e. The van der Waals surface area contributed by atoms with Crippen LogP contribution in [0.25, 0.3) is 0 Å². The van der Waals surface area contributed by atoms with E-state index in [9.17, 15) is 4.79 Å². The molecule has 3 nitrogen and oxygen atoms in total. The van der Waals surface area contributed by atoms with Gasteiger partial charge in [-0.1, -0.05) is 35.0 Å². The predicted octanol–water partition coefficient (Wildman–Crippen LogP) is 3.17. The molecule has 1 heterocycles. The van der Waals surface area contributed by atoms with Crippen molar-refractivity contribution in [3.05, 3.63) is 33.8 Å². The fourth-order valence-electron chi connectivity index (χ4n) is 1.60. The van der Waals surface area contributed by atoms with Crippen LogP contribution >= 0.6 is 35.0 Å². The Hall–Kier alpha value is -0.710. The molecular formula is C11H10Cl2N2OS. The minimum Gasteiger partial charge on any atom is -0.286 e. The molecule has 17 heavy (non-hydrogen) atoms. The Labute approximate surface area is 114 Å². The number of rotatable bonds is 1. The van der Waals surface area contributed by atoms with Gasteiger partial charge in [-0.3, -0.25) is 14.7 Å². The van der Waals surface area contributed by atoms with Crippen molar-refractivity contribution in [2.45, 2.75) is 0 Å². The number of thioether (sulfide) groups is 1. The minimum absolute atomic E-state index is 0.128. The van der Waals surface area contributed by atoms with Gasteiger partial charge in [-0.25, -0.2) is 0 Å². The van der Waals surface area contributed by atoms with Crippen LogP contribution in [-0.2, 0) is 0 Å². The van der Waals surface area contributed by atoms with E-state index in [2.05, 4.69) is 4.99 Å². The summed E-state index contributed by atoms with van der Waals surface area (Å²) in [6.07, 6.45) is 1.90. The molecule has 1 aromatic carbocycles. The van der Waals surface area contributed by atoms with Crippen LogP contribution in [0.1, 0.15) is 10.4 Å². The van der Waals surface area contributed by atoms with E-state index in [0.29, 0.717) is 28.7 Å². The molecule has 6 heteroatoms. The number of carbonyl (C=O) groups is 1. The molecule has 0 bridgehead atoms. The molecule has 0 radical (unpaired) electrons. The topological polar surface area (TPSA) is 32.7 Å². The highest BCUT2D eigenvalue weighted by molar-refractivity contribution is 8.13. The third kappa shape index (κ3) is 2.59. The van der Waals surface area contributed by atoms with Gasteiger partial charge in [-0.05, 0) is 24.5 Å². The Bertz CT molecular complexity index is 490. The summed E-state index contributed by atoms with van der Waals surface area (Å²) in [6, 6.07) is 4.87. The van der Waals surface area contributed by atoms with Gasteiger partial charge in [0.1, 0.15) is 0 Å². The average Bonchev–Trinajstić information content (AvgIpc) is 2.76. The molecular weight excluding hydrogens is 279 g/mol. The monoisotopic (exact) mass is 288 g/mol. The van der Waals surface area contributed by atoms with E-state index in [1.165, 1.54) is 11.8 Å². The van der Waals surface area contributed by atoms with Gasteiger partial charge < -0.3 is 0 Å². The summed E-state index contributed by atoms with van der Waals surface area (Å²) in [5, 5.41) is 1.63. The summed E-state index contributed by atoms with van der Waals surface area (Å²) < 4.78 is 0. The fraction of sp³-hybridized carbons (Fsp3) is 0.273. The highest BCUT2D eigenvalue weighted by atomic mass is 35.5. The zero-order valence-electron chi connectivity index (χ0n) is 9.11. The van der Waals surface area contributed by atoms with Crippen molar-refractivity contribution in [3.8, 4) is 0 Å². The summed E-state index contributed by atoms with van der Waals surface area (Å²) in [6.45, 7) is 1.25. The number of hydrogen-bond donors (Lipinski definition) is 0. The maximum atomic E-state index is 12.3. The van der Waals surface area contributed by atoms with Crippen LogP contribution in [0, 0.1) is 0 Å². The lowest BCUT2D eigenvalue weighted by Crippen LogP contribution is -2.32. The molecule has 0 unspecified atom stereocenters. The van der Waals surface area contributed by atoms with Crippen molar-refractivity contribution in [3.63, 3.8) is 0 Å². The van der Waals surface area contributed by atoms with E-state index in [4.69, 9.17) is 23.2 Å². The molecule has 0 fully saturated rings. The number of aliphatic imine (C=N–C) groups is 1. The van der Waals surface area contributed by atoms with Gasteiger partial charge in [-0.2, -0.15) is 0 Å². The Morgan fingerprint density at radius 3 is 2.88 bits per heavy atom. The smallest absolute Gasteiger partial charge is 0.261 e. The number of amidine groups is 1. The third-order valence-electron chi connectivity index (χ3n) is 2.39. The molecule has 0 saturated carbocycles. The van der Waals surface area contributed by atoms with Crippen LogP contribution in [0.3, 0.4) is 0 Å². The average molecular weight is 289 g/mol.